The van der Waals surface area contributed by atoms with E-state index in [0.29, 0.717) is 17.3 Å². The molecule has 0 amide bonds. The van der Waals surface area contributed by atoms with Crippen molar-refractivity contribution < 1.29 is 4.39 Å². The minimum absolute atomic E-state index is 0.00432. The van der Waals surface area contributed by atoms with Crippen LogP contribution in [0, 0.1) is 5.82 Å². The molecule has 1 rings (SSSR count). The number of anilines is 1. The van der Waals surface area contributed by atoms with Crippen molar-refractivity contribution in [3.05, 3.63) is 40.7 Å². The molecule has 0 aliphatic carbocycles. The second-order valence-electron chi connectivity index (χ2n) is 5.82. The van der Waals surface area contributed by atoms with Gasteiger partial charge in [-0.2, -0.15) is 5.11 Å². The van der Waals surface area contributed by atoms with Gasteiger partial charge in [-0.15, -0.1) is 0 Å². The lowest BCUT2D eigenvalue weighted by atomic mass is 10.0. The Hall–Kier alpha value is -1.62. The number of nitrogens with zero attached hydrogens (tertiary/aromatic N) is 3. The Morgan fingerprint density at radius 2 is 2.13 bits per heavy atom. The molecule has 23 heavy (non-hydrogen) atoms. The first-order valence-electron chi connectivity index (χ1n) is 7.79. The number of benzene rings is 1. The number of halogens is 2. The van der Waals surface area contributed by atoms with Crippen LogP contribution in [-0.4, -0.2) is 30.7 Å². The van der Waals surface area contributed by atoms with Crippen LogP contribution in [-0.2, 0) is 0 Å². The van der Waals surface area contributed by atoms with E-state index >= 15 is 0 Å². The normalized spacial score (nSPS) is 13.7. The number of hydrogen-bond acceptors (Lipinski definition) is 3. The molecule has 0 spiro atoms. The van der Waals surface area contributed by atoms with Gasteiger partial charge in [0, 0.05) is 24.7 Å². The Morgan fingerprint density at radius 3 is 2.74 bits per heavy atom. The van der Waals surface area contributed by atoms with Gasteiger partial charge in [-0.3, -0.25) is 5.01 Å². The summed E-state index contributed by atoms with van der Waals surface area (Å²) in [5.74, 6) is -0.309. The largest absolute Gasteiger partial charge is 0.376 e. The van der Waals surface area contributed by atoms with Gasteiger partial charge in [0.1, 0.15) is 5.82 Å². The molecule has 0 bridgehead atoms. The summed E-state index contributed by atoms with van der Waals surface area (Å²) >= 11 is 5.96. The number of hydrogen-bond donors (Lipinski definition) is 1. The highest BCUT2D eigenvalue weighted by Crippen LogP contribution is 2.22. The molecule has 0 aliphatic heterocycles. The minimum Gasteiger partial charge on any atom is -0.376 e. The van der Waals surface area contributed by atoms with E-state index in [2.05, 4.69) is 15.7 Å². The molecule has 0 aromatic heterocycles. The van der Waals surface area contributed by atoms with E-state index in [1.165, 1.54) is 6.07 Å². The lowest BCUT2D eigenvalue weighted by molar-refractivity contribution is 0.312. The highest BCUT2D eigenvalue weighted by molar-refractivity contribution is 6.30. The first-order chi connectivity index (χ1) is 10.8. The van der Waals surface area contributed by atoms with Crippen molar-refractivity contribution in [1.29, 1.82) is 0 Å². The van der Waals surface area contributed by atoms with E-state index in [1.54, 1.807) is 17.1 Å². The maximum absolute atomic E-state index is 13.9. The summed E-state index contributed by atoms with van der Waals surface area (Å²) in [6.07, 6.45) is 2.80. The second kappa shape index (κ2) is 9.50. The summed E-state index contributed by atoms with van der Waals surface area (Å²) in [4.78, 5) is 0. The Kier molecular flexibility index (Phi) is 8.03. The molecule has 0 saturated carbocycles. The zero-order valence-corrected chi connectivity index (χ0v) is 15.2. The van der Waals surface area contributed by atoms with Gasteiger partial charge < -0.3 is 5.32 Å². The van der Waals surface area contributed by atoms with Crippen molar-refractivity contribution in [3.63, 3.8) is 0 Å². The van der Waals surface area contributed by atoms with Crippen LogP contribution >= 0.6 is 11.6 Å². The van der Waals surface area contributed by atoms with Crippen LogP contribution in [0.15, 0.2) is 40.2 Å². The Morgan fingerprint density at radius 1 is 1.43 bits per heavy atom. The molecule has 0 saturated heterocycles. The van der Waals surface area contributed by atoms with Gasteiger partial charge in [0.2, 0.25) is 0 Å². The van der Waals surface area contributed by atoms with Gasteiger partial charge in [0.05, 0.1) is 11.7 Å². The topological polar surface area (TPSA) is 40.0 Å². The number of allylic oxidation sites excluding steroid dienone is 1. The molecule has 0 heterocycles. The predicted molar refractivity (Wildman–Crippen MR) is 95.5 cm³/mol. The smallest absolute Gasteiger partial charge is 0.146 e. The SMILES string of the molecule is C/C=C(\C)C(CCN(C)/N=N\C(C)C)Nc1cc(Cl)ccc1F. The lowest BCUT2D eigenvalue weighted by Crippen LogP contribution is -2.26. The molecule has 0 fully saturated rings. The summed E-state index contributed by atoms with van der Waals surface area (Å²) in [5, 5.41) is 13.8. The van der Waals surface area contributed by atoms with E-state index in [0.717, 1.165) is 12.0 Å². The third kappa shape index (κ3) is 6.99. The standard InChI is InChI=1S/C17H26ClFN4/c1-6-13(4)16(9-10-23(5)22-21-12(2)3)20-17-11-14(18)7-8-15(17)19/h6-8,11-12,16,20H,9-10H2,1-5H3/b13-6+,22-21-. The fourth-order valence-electron chi connectivity index (χ4n) is 1.96. The van der Waals surface area contributed by atoms with Crippen LogP contribution in [0.4, 0.5) is 10.1 Å². The summed E-state index contributed by atoms with van der Waals surface area (Å²) in [6.45, 7) is 8.67. The quantitative estimate of drug-likeness (QED) is 0.395. The zero-order chi connectivity index (χ0) is 17.4. The highest BCUT2D eigenvalue weighted by atomic mass is 35.5. The van der Waals surface area contributed by atoms with Crippen molar-refractivity contribution >= 4 is 17.3 Å². The maximum Gasteiger partial charge on any atom is 0.146 e. The van der Waals surface area contributed by atoms with Gasteiger partial charge in [0.25, 0.3) is 0 Å². The van der Waals surface area contributed by atoms with Crippen LogP contribution in [0.5, 0.6) is 0 Å². The first-order valence-corrected chi connectivity index (χ1v) is 8.17. The Bertz CT molecular complexity index is 558. The van der Waals surface area contributed by atoms with Gasteiger partial charge >= 0.3 is 0 Å². The zero-order valence-electron chi connectivity index (χ0n) is 14.5. The van der Waals surface area contributed by atoms with E-state index in [1.807, 2.05) is 40.8 Å². The van der Waals surface area contributed by atoms with Gasteiger partial charge in [-0.05, 0) is 52.3 Å². The molecule has 1 aromatic carbocycles. The maximum atomic E-state index is 13.9. The van der Waals surface area contributed by atoms with E-state index in [4.69, 9.17) is 11.6 Å². The van der Waals surface area contributed by atoms with Crippen LogP contribution in [0.25, 0.3) is 0 Å². The number of rotatable bonds is 8. The van der Waals surface area contributed by atoms with E-state index in [9.17, 15) is 4.39 Å². The van der Waals surface area contributed by atoms with Crippen molar-refractivity contribution in [1.82, 2.24) is 5.01 Å². The molecule has 1 unspecified atom stereocenters. The fraction of sp³-hybridized carbons (Fsp3) is 0.529. The van der Waals surface area contributed by atoms with Crippen molar-refractivity contribution in [2.24, 2.45) is 10.3 Å². The predicted octanol–water partition coefficient (Wildman–Crippen LogP) is 5.32. The van der Waals surface area contributed by atoms with E-state index < -0.39 is 0 Å². The Labute approximate surface area is 143 Å². The molecule has 0 aliphatic rings. The number of nitrogens with one attached hydrogen (secondary N) is 1. The van der Waals surface area contributed by atoms with Crippen molar-refractivity contribution in [2.75, 3.05) is 18.9 Å². The summed E-state index contributed by atoms with van der Waals surface area (Å²) in [6, 6.07) is 4.69. The molecule has 1 atom stereocenters. The molecular weight excluding hydrogens is 315 g/mol. The van der Waals surface area contributed by atoms with Crippen LogP contribution in [0.1, 0.15) is 34.1 Å². The van der Waals surface area contributed by atoms with Crippen LogP contribution in [0.3, 0.4) is 0 Å². The third-order valence-electron chi connectivity index (χ3n) is 3.44. The monoisotopic (exact) mass is 340 g/mol. The molecule has 1 aromatic rings. The van der Waals surface area contributed by atoms with Crippen LogP contribution in [0.2, 0.25) is 5.02 Å². The lowest BCUT2D eigenvalue weighted by Gasteiger charge is -2.23. The Balaban J connectivity index is 2.76. The highest BCUT2D eigenvalue weighted by Gasteiger charge is 2.14. The van der Waals surface area contributed by atoms with E-state index in [-0.39, 0.29) is 17.9 Å². The van der Waals surface area contributed by atoms with Crippen molar-refractivity contribution in [2.45, 2.75) is 46.2 Å². The average Bonchev–Trinajstić information content (AvgIpc) is 2.51. The summed E-state index contributed by atoms with van der Waals surface area (Å²) in [7, 11) is 1.88. The first kappa shape index (κ1) is 19.4. The van der Waals surface area contributed by atoms with Crippen molar-refractivity contribution in [3.8, 4) is 0 Å². The average molecular weight is 341 g/mol. The van der Waals surface area contributed by atoms with Gasteiger partial charge in [-0.1, -0.05) is 28.5 Å². The van der Waals surface area contributed by atoms with Gasteiger partial charge in [0.15, 0.2) is 0 Å². The molecule has 6 heteroatoms. The fourth-order valence-corrected chi connectivity index (χ4v) is 2.13. The summed E-state index contributed by atoms with van der Waals surface area (Å²) in [5.41, 5.74) is 1.55. The third-order valence-corrected chi connectivity index (χ3v) is 3.67. The second-order valence-corrected chi connectivity index (χ2v) is 6.26. The molecule has 128 valence electrons. The molecule has 4 nitrogen and oxygen atoms in total. The minimum atomic E-state index is -0.309. The van der Waals surface area contributed by atoms with Crippen LogP contribution < -0.4 is 5.32 Å². The molecular formula is C17H26ClFN4. The molecule has 1 N–H and O–H groups in total. The summed E-state index contributed by atoms with van der Waals surface area (Å²) < 4.78 is 13.9. The van der Waals surface area contributed by atoms with Gasteiger partial charge in [-0.25, -0.2) is 4.39 Å². The molecule has 0 radical (unpaired) electrons.